The average Bonchev–Trinajstić information content (AvgIpc) is 2.26. The van der Waals surface area contributed by atoms with E-state index in [1.807, 2.05) is 0 Å². The number of allylic oxidation sites excluding steroid dienone is 4. The summed E-state index contributed by atoms with van der Waals surface area (Å²) in [5.41, 5.74) is 0.521. The fraction of sp³-hybridized carbons (Fsp3) is 0.231. The molecule has 0 unspecified atom stereocenters. The fourth-order valence-corrected chi connectivity index (χ4v) is 1.75. The van der Waals surface area contributed by atoms with E-state index >= 15 is 0 Å². The third-order valence-electron chi connectivity index (χ3n) is 2.44. The second-order valence-corrected chi connectivity index (χ2v) is 4.39. The summed E-state index contributed by atoms with van der Waals surface area (Å²) in [5, 5.41) is 0.710. The first kappa shape index (κ1) is 12.1. The number of benzene rings is 1. The molecule has 0 atom stereocenters. The van der Waals surface area contributed by atoms with E-state index in [9.17, 15) is 8.78 Å². The van der Waals surface area contributed by atoms with Gasteiger partial charge in [0, 0.05) is 11.5 Å². The highest BCUT2D eigenvalue weighted by molar-refractivity contribution is 6.29. The maximum absolute atomic E-state index is 13.5. The molecule has 2 rings (SSSR count). The van der Waals surface area contributed by atoms with Crippen molar-refractivity contribution in [2.45, 2.75) is 19.8 Å². The number of hydrogen-bond donors (Lipinski definition) is 0. The first-order chi connectivity index (χ1) is 8.06. The Kier molecular flexibility index (Phi) is 3.48. The molecule has 1 aliphatic carbocycles. The van der Waals surface area contributed by atoms with E-state index in [-0.39, 0.29) is 5.75 Å². The van der Waals surface area contributed by atoms with Crippen molar-refractivity contribution in [3.63, 3.8) is 0 Å². The highest BCUT2D eigenvalue weighted by Gasteiger charge is 2.15. The second kappa shape index (κ2) is 4.88. The van der Waals surface area contributed by atoms with Crippen molar-refractivity contribution < 1.29 is 13.5 Å². The van der Waals surface area contributed by atoms with Crippen LogP contribution >= 0.6 is 11.6 Å². The van der Waals surface area contributed by atoms with E-state index in [0.29, 0.717) is 29.2 Å². The van der Waals surface area contributed by atoms with Crippen molar-refractivity contribution >= 4 is 11.6 Å². The zero-order valence-electron chi connectivity index (χ0n) is 9.27. The lowest BCUT2D eigenvalue weighted by atomic mass is 10.1. The standard InChI is InChI=1S/C13H11ClF2O/c1-8-6-11(15)13(12(16)7-8)17-10-4-2-9(14)3-5-10/h2,4,6-7H,3,5H2,1H3. The molecule has 0 aromatic heterocycles. The van der Waals surface area contributed by atoms with Gasteiger partial charge in [0.25, 0.3) is 0 Å². The van der Waals surface area contributed by atoms with Crippen LogP contribution < -0.4 is 4.74 Å². The Hall–Kier alpha value is -1.35. The summed E-state index contributed by atoms with van der Waals surface area (Å²) < 4.78 is 32.2. The zero-order valence-corrected chi connectivity index (χ0v) is 10.0. The highest BCUT2D eigenvalue weighted by atomic mass is 35.5. The number of aryl methyl sites for hydroxylation is 1. The predicted molar refractivity (Wildman–Crippen MR) is 63.0 cm³/mol. The minimum Gasteiger partial charge on any atom is -0.456 e. The van der Waals surface area contributed by atoms with E-state index in [2.05, 4.69) is 0 Å². The van der Waals surface area contributed by atoms with Crippen molar-refractivity contribution in [1.29, 1.82) is 0 Å². The van der Waals surface area contributed by atoms with E-state index in [1.165, 1.54) is 12.1 Å². The van der Waals surface area contributed by atoms with Crippen LogP contribution in [0.5, 0.6) is 5.75 Å². The van der Waals surface area contributed by atoms with Gasteiger partial charge in [0.2, 0.25) is 0 Å². The number of halogens is 3. The Morgan fingerprint density at radius 2 is 1.76 bits per heavy atom. The lowest BCUT2D eigenvalue weighted by Crippen LogP contribution is -2.02. The van der Waals surface area contributed by atoms with Crippen LogP contribution in [0.2, 0.25) is 0 Å². The van der Waals surface area contributed by atoms with Gasteiger partial charge >= 0.3 is 0 Å². The monoisotopic (exact) mass is 256 g/mol. The summed E-state index contributed by atoms with van der Waals surface area (Å²) in [6.07, 6.45) is 4.47. The lowest BCUT2D eigenvalue weighted by Gasteiger charge is -2.14. The number of ether oxygens (including phenoxy) is 1. The molecule has 0 saturated heterocycles. The summed E-state index contributed by atoms with van der Waals surface area (Å²) in [4.78, 5) is 0. The third-order valence-corrected chi connectivity index (χ3v) is 2.75. The summed E-state index contributed by atoms with van der Waals surface area (Å²) in [6, 6.07) is 2.48. The van der Waals surface area contributed by atoms with Crippen molar-refractivity contribution in [1.82, 2.24) is 0 Å². The van der Waals surface area contributed by atoms with E-state index < -0.39 is 11.6 Å². The normalized spacial score (nSPS) is 15.3. The molecule has 4 heteroatoms. The molecule has 0 N–H and O–H groups in total. The molecule has 0 amide bonds. The Balaban J connectivity index is 2.25. The van der Waals surface area contributed by atoms with Gasteiger partial charge in [0.05, 0.1) is 0 Å². The van der Waals surface area contributed by atoms with Gasteiger partial charge in [-0.15, -0.1) is 0 Å². The molecule has 1 nitrogen and oxygen atoms in total. The highest BCUT2D eigenvalue weighted by Crippen LogP contribution is 2.28. The van der Waals surface area contributed by atoms with Gasteiger partial charge in [-0.1, -0.05) is 11.6 Å². The SMILES string of the molecule is Cc1cc(F)c(OC2=CC=C(Cl)CC2)c(F)c1. The number of rotatable bonds is 2. The maximum atomic E-state index is 13.5. The van der Waals surface area contributed by atoms with Gasteiger partial charge in [0.1, 0.15) is 5.76 Å². The van der Waals surface area contributed by atoms with Crippen LogP contribution in [0.4, 0.5) is 8.78 Å². The van der Waals surface area contributed by atoms with Crippen LogP contribution in [-0.2, 0) is 0 Å². The quantitative estimate of drug-likeness (QED) is 0.759. The third kappa shape index (κ3) is 2.86. The van der Waals surface area contributed by atoms with E-state index in [1.54, 1.807) is 19.1 Å². The molecule has 0 fully saturated rings. The Morgan fingerprint density at radius 3 is 2.29 bits per heavy atom. The van der Waals surface area contributed by atoms with Crippen molar-refractivity contribution in [3.8, 4) is 5.75 Å². The Morgan fingerprint density at radius 1 is 1.12 bits per heavy atom. The van der Waals surface area contributed by atoms with Crippen molar-refractivity contribution in [3.05, 3.63) is 52.3 Å². The molecule has 17 heavy (non-hydrogen) atoms. The van der Waals surface area contributed by atoms with Crippen LogP contribution in [0.3, 0.4) is 0 Å². The Bertz CT molecular complexity index is 483. The van der Waals surface area contributed by atoms with Gasteiger partial charge in [-0.05, 0) is 43.2 Å². The molecule has 0 heterocycles. The van der Waals surface area contributed by atoms with Gasteiger partial charge in [-0.25, -0.2) is 8.78 Å². The zero-order chi connectivity index (χ0) is 12.4. The van der Waals surface area contributed by atoms with Crippen LogP contribution in [0.1, 0.15) is 18.4 Å². The summed E-state index contributed by atoms with van der Waals surface area (Å²) >= 11 is 5.78. The van der Waals surface area contributed by atoms with Crippen LogP contribution in [0.25, 0.3) is 0 Å². The Labute approximate surface area is 103 Å². The molecule has 0 radical (unpaired) electrons. The van der Waals surface area contributed by atoms with Crippen LogP contribution in [0.15, 0.2) is 35.1 Å². The fourth-order valence-electron chi connectivity index (χ4n) is 1.59. The molecule has 1 aliphatic rings. The molecule has 90 valence electrons. The minimum atomic E-state index is -0.691. The second-order valence-electron chi connectivity index (χ2n) is 3.91. The van der Waals surface area contributed by atoms with E-state index in [4.69, 9.17) is 16.3 Å². The number of hydrogen-bond acceptors (Lipinski definition) is 1. The summed E-state index contributed by atoms with van der Waals surface area (Å²) in [5.74, 6) is -1.22. The minimum absolute atomic E-state index is 0.353. The smallest absolute Gasteiger partial charge is 0.198 e. The molecule has 0 aliphatic heterocycles. The largest absolute Gasteiger partial charge is 0.456 e. The van der Waals surface area contributed by atoms with Gasteiger partial charge < -0.3 is 4.74 Å². The maximum Gasteiger partial charge on any atom is 0.198 e. The van der Waals surface area contributed by atoms with Crippen molar-refractivity contribution in [2.24, 2.45) is 0 Å². The topological polar surface area (TPSA) is 9.23 Å². The predicted octanol–water partition coefficient (Wildman–Crippen LogP) is 4.45. The summed E-state index contributed by atoms with van der Waals surface area (Å²) in [6.45, 7) is 1.62. The van der Waals surface area contributed by atoms with E-state index in [0.717, 1.165) is 0 Å². The van der Waals surface area contributed by atoms with Gasteiger partial charge in [-0.2, -0.15) is 0 Å². The van der Waals surface area contributed by atoms with Gasteiger partial charge in [0.15, 0.2) is 17.4 Å². The first-order valence-corrected chi connectivity index (χ1v) is 5.63. The van der Waals surface area contributed by atoms with Crippen LogP contribution in [0, 0.1) is 18.6 Å². The van der Waals surface area contributed by atoms with Crippen LogP contribution in [-0.4, -0.2) is 0 Å². The molecule has 0 spiro atoms. The van der Waals surface area contributed by atoms with Crippen molar-refractivity contribution in [2.75, 3.05) is 0 Å². The van der Waals surface area contributed by atoms with Gasteiger partial charge in [-0.3, -0.25) is 0 Å². The summed E-state index contributed by atoms with van der Waals surface area (Å²) in [7, 11) is 0. The molecular formula is C13H11ClF2O. The molecule has 0 bridgehead atoms. The molecular weight excluding hydrogens is 246 g/mol. The average molecular weight is 257 g/mol. The molecule has 0 saturated carbocycles. The lowest BCUT2D eigenvalue weighted by molar-refractivity contribution is 0.353. The molecule has 1 aromatic rings. The first-order valence-electron chi connectivity index (χ1n) is 5.25. The molecule has 1 aromatic carbocycles.